The van der Waals surface area contributed by atoms with E-state index in [2.05, 4.69) is 5.32 Å². The Bertz CT molecular complexity index is 1310. The molecule has 0 unspecified atom stereocenters. The van der Waals surface area contributed by atoms with Gasteiger partial charge in [-0.1, -0.05) is 30.3 Å². The lowest BCUT2D eigenvalue weighted by Gasteiger charge is -2.19. The molecule has 5 rings (SSSR count). The molecule has 0 saturated carbocycles. The van der Waals surface area contributed by atoms with Crippen LogP contribution in [0.5, 0.6) is 11.5 Å². The van der Waals surface area contributed by atoms with Gasteiger partial charge in [-0.2, -0.15) is 0 Å². The van der Waals surface area contributed by atoms with Crippen molar-refractivity contribution in [2.24, 2.45) is 0 Å². The molecular formula is C25H21NO5S. The number of thiophene rings is 1. The van der Waals surface area contributed by atoms with Crippen molar-refractivity contribution < 1.29 is 18.7 Å². The van der Waals surface area contributed by atoms with Gasteiger partial charge in [-0.25, -0.2) is 4.79 Å². The zero-order valence-corrected chi connectivity index (χ0v) is 18.2. The van der Waals surface area contributed by atoms with Crippen molar-refractivity contribution in [1.82, 2.24) is 5.32 Å². The molecule has 0 spiro atoms. The summed E-state index contributed by atoms with van der Waals surface area (Å²) in [4.78, 5) is 27.4. The van der Waals surface area contributed by atoms with Crippen molar-refractivity contribution in [2.75, 3.05) is 13.7 Å². The summed E-state index contributed by atoms with van der Waals surface area (Å²) in [6.45, 7) is 0.486. The zero-order chi connectivity index (χ0) is 22.1. The average molecular weight is 448 g/mol. The minimum absolute atomic E-state index is 0.262. The largest absolute Gasteiger partial charge is 0.497 e. The molecule has 0 fully saturated rings. The lowest BCUT2D eigenvalue weighted by Crippen LogP contribution is -2.41. The summed E-state index contributed by atoms with van der Waals surface area (Å²) in [6.07, 6.45) is -0.142. The Morgan fingerprint density at radius 2 is 1.91 bits per heavy atom. The Balaban J connectivity index is 1.52. The molecule has 0 saturated heterocycles. The summed E-state index contributed by atoms with van der Waals surface area (Å²) in [5.74, 6) is 0.256. The van der Waals surface area contributed by atoms with Gasteiger partial charge < -0.3 is 19.2 Å². The van der Waals surface area contributed by atoms with Gasteiger partial charge in [-0.15, -0.1) is 11.3 Å². The number of ether oxygens (including phenoxy) is 2. The van der Waals surface area contributed by atoms with Crippen LogP contribution in [0.2, 0.25) is 0 Å². The maximum Gasteiger partial charge on any atom is 0.344 e. The fraction of sp³-hybridized carbons (Fsp3) is 0.200. The van der Waals surface area contributed by atoms with Gasteiger partial charge in [-0.3, -0.25) is 4.79 Å². The molecule has 4 aromatic rings. The first kappa shape index (κ1) is 20.3. The van der Waals surface area contributed by atoms with E-state index in [-0.39, 0.29) is 5.91 Å². The number of benzene rings is 2. The highest BCUT2D eigenvalue weighted by molar-refractivity contribution is 7.09. The summed E-state index contributed by atoms with van der Waals surface area (Å²) in [5.41, 5.74) is 1.09. The molecule has 0 bridgehead atoms. The fourth-order valence-corrected chi connectivity index (χ4v) is 4.81. The SMILES string of the molecule is COc1ccc([C@@H]2c3c(c4ccccc4oc3=O)O[C@H]2C(=O)NCCc2cccs2)cc1. The Hall–Kier alpha value is -3.58. The number of carbonyl (C=O) groups excluding carboxylic acids is 1. The van der Waals surface area contributed by atoms with Crippen molar-refractivity contribution in [3.63, 3.8) is 0 Å². The molecular weight excluding hydrogens is 426 g/mol. The van der Waals surface area contributed by atoms with Crippen molar-refractivity contribution in [3.8, 4) is 11.5 Å². The molecule has 2 aromatic heterocycles. The van der Waals surface area contributed by atoms with E-state index < -0.39 is 17.6 Å². The van der Waals surface area contributed by atoms with Crippen LogP contribution in [0.15, 0.2) is 75.3 Å². The summed E-state index contributed by atoms with van der Waals surface area (Å²) < 4.78 is 17.0. The van der Waals surface area contributed by atoms with Crippen LogP contribution >= 0.6 is 11.3 Å². The summed E-state index contributed by atoms with van der Waals surface area (Å²) in [6, 6.07) is 18.5. The van der Waals surface area contributed by atoms with E-state index >= 15 is 0 Å². The van der Waals surface area contributed by atoms with Crippen LogP contribution in [-0.2, 0) is 11.2 Å². The zero-order valence-electron chi connectivity index (χ0n) is 17.4. The topological polar surface area (TPSA) is 77.8 Å². The highest BCUT2D eigenvalue weighted by Gasteiger charge is 2.44. The number of para-hydroxylation sites is 1. The molecule has 6 nitrogen and oxygen atoms in total. The highest BCUT2D eigenvalue weighted by Crippen LogP contribution is 2.44. The number of fused-ring (bicyclic) bond motifs is 3. The minimum atomic E-state index is -0.879. The number of hydrogen-bond donors (Lipinski definition) is 1. The highest BCUT2D eigenvalue weighted by atomic mass is 32.1. The van der Waals surface area contributed by atoms with Crippen LogP contribution in [0, 0.1) is 0 Å². The second-order valence-electron chi connectivity index (χ2n) is 7.54. The van der Waals surface area contributed by atoms with Gasteiger partial charge in [0.05, 0.1) is 24.0 Å². The van der Waals surface area contributed by atoms with Gasteiger partial charge in [0.25, 0.3) is 5.91 Å². The first-order chi connectivity index (χ1) is 15.7. The lowest BCUT2D eigenvalue weighted by atomic mass is 9.88. The second-order valence-corrected chi connectivity index (χ2v) is 8.57. The molecule has 162 valence electrons. The third-order valence-corrected chi connectivity index (χ3v) is 6.58. The number of nitrogens with one attached hydrogen (secondary N) is 1. The predicted octanol–water partition coefficient (Wildman–Crippen LogP) is 4.11. The number of methoxy groups -OCH3 is 1. The number of amides is 1. The van der Waals surface area contributed by atoms with Crippen molar-refractivity contribution in [1.29, 1.82) is 0 Å². The minimum Gasteiger partial charge on any atom is -0.497 e. The third-order valence-electron chi connectivity index (χ3n) is 5.64. The number of hydrogen-bond acceptors (Lipinski definition) is 6. The van der Waals surface area contributed by atoms with Crippen LogP contribution in [0.3, 0.4) is 0 Å². The number of rotatable bonds is 6. The monoisotopic (exact) mass is 447 g/mol. The van der Waals surface area contributed by atoms with E-state index in [0.717, 1.165) is 12.0 Å². The molecule has 2 atom stereocenters. The Morgan fingerprint density at radius 1 is 1.09 bits per heavy atom. The van der Waals surface area contributed by atoms with E-state index in [4.69, 9.17) is 13.9 Å². The lowest BCUT2D eigenvalue weighted by molar-refractivity contribution is -0.127. The molecule has 2 aromatic carbocycles. The summed E-state index contributed by atoms with van der Waals surface area (Å²) in [7, 11) is 1.59. The Labute approximate surface area is 188 Å². The van der Waals surface area contributed by atoms with E-state index in [0.29, 0.717) is 34.6 Å². The van der Waals surface area contributed by atoms with E-state index in [1.807, 2.05) is 53.9 Å². The second kappa shape index (κ2) is 8.51. The number of carbonyl (C=O) groups is 1. The van der Waals surface area contributed by atoms with Gasteiger partial charge in [0.2, 0.25) is 0 Å². The van der Waals surface area contributed by atoms with Gasteiger partial charge in [0, 0.05) is 11.4 Å². The normalized spacial score (nSPS) is 17.0. The standard InChI is InChI=1S/C25H21NO5S/c1-29-16-10-8-15(9-11-16)20-21-22(18-6-2-3-7-19(18)30-25(21)28)31-23(20)24(27)26-13-12-17-5-4-14-32-17/h2-11,14,20,23H,12-13H2,1H3,(H,26,27)/t20-,23-/m1/s1. The van der Waals surface area contributed by atoms with Gasteiger partial charge in [0.15, 0.2) is 6.10 Å². The van der Waals surface area contributed by atoms with Crippen LogP contribution in [0.4, 0.5) is 0 Å². The summed E-state index contributed by atoms with van der Waals surface area (Å²) >= 11 is 1.65. The molecule has 1 N–H and O–H groups in total. The molecule has 7 heteroatoms. The first-order valence-electron chi connectivity index (χ1n) is 10.3. The fourth-order valence-electron chi connectivity index (χ4n) is 4.10. The molecule has 3 heterocycles. The van der Waals surface area contributed by atoms with Crippen molar-refractivity contribution in [2.45, 2.75) is 18.4 Å². The third kappa shape index (κ3) is 3.65. The van der Waals surface area contributed by atoms with Crippen molar-refractivity contribution >= 4 is 28.2 Å². The average Bonchev–Trinajstić information content (AvgIpc) is 3.48. The van der Waals surface area contributed by atoms with Gasteiger partial charge in [0.1, 0.15) is 17.1 Å². The molecule has 32 heavy (non-hydrogen) atoms. The van der Waals surface area contributed by atoms with Crippen LogP contribution in [0.25, 0.3) is 11.0 Å². The van der Waals surface area contributed by atoms with Crippen molar-refractivity contribution in [3.05, 3.63) is 92.5 Å². The molecule has 1 aliphatic rings. The summed E-state index contributed by atoms with van der Waals surface area (Å²) in [5, 5.41) is 5.66. The Morgan fingerprint density at radius 3 is 2.66 bits per heavy atom. The molecule has 0 aliphatic carbocycles. The van der Waals surface area contributed by atoms with E-state index in [1.54, 1.807) is 30.6 Å². The molecule has 1 amide bonds. The van der Waals surface area contributed by atoms with Crippen LogP contribution in [-0.4, -0.2) is 25.7 Å². The predicted molar refractivity (Wildman–Crippen MR) is 123 cm³/mol. The first-order valence-corrected chi connectivity index (χ1v) is 11.2. The quantitative estimate of drug-likeness (QED) is 0.450. The molecule has 1 aliphatic heterocycles. The maximum absolute atomic E-state index is 13.2. The van der Waals surface area contributed by atoms with Crippen LogP contribution in [0.1, 0.15) is 21.9 Å². The molecule has 0 radical (unpaired) electrons. The Kier molecular flexibility index (Phi) is 5.41. The van der Waals surface area contributed by atoms with Gasteiger partial charge >= 0.3 is 5.63 Å². The van der Waals surface area contributed by atoms with E-state index in [1.165, 1.54) is 4.88 Å². The smallest absolute Gasteiger partial charge is 0.344 e. The maximum atomic E-state index is 13.2. The van der Waals surface area contributed by atoms with Gasteiger partial charge in [-0.05, 0) is 47.7 Å². The van der Waals surface area contributed by atoms with E-state index in [9.17, 15) is 9.59 Å². The van der Waals surface area contributed by atoms with Crippen LogP contribution < -0.4 is 20.4 Å².